The summed E-state index contributed by atoms with van der Waals surface area (Å²) in [6, 6.07) is 8.53. The standard InChI is InChI=1S/C21H29N3O/c1-5-18-10-6-7-12-24(18)14-17(13-22)21(25)23-20-16(4)9-8-11-19(20)15(2)3/h8-9,11,14-15,18H,5-7,10,12H2,1-4H3,(H,23,25)/b17-14-. The Hall–Kier alpha value is -2.28. The Kier molecular flexibility index (Phi) is 6.64. The van der Waals surface area contributed by atoms with Crippen molar-refractivity contribution in [1.82, 2.24) is 4.90 Å². The Morgan fingerprint density at radius 3 is 2.84 bits per heavy atom. The van der Waals surface area contributed by atoms with Gasteiger partial charge in [0.05, 0.1) is 0 Å². The molecule has 0 saturated carbocycles. The third-order valence-corrected chi connectivity index (χ3v) is 4.97. The number of likely N-dealkylation sites (tertiary alicyclic amines) is 1. The number of piperidine rings is 1. The van der Waals surface area contributed by atoms with Gasteiger partial charge < -0.3 is 10.2 Å². The van der Waals surface area contributed by atoms with Crippen molar-refractivity contribution in [3.05, 3.63) is 41.1 Å². The molecule has 0 bridgehead atoms. The highest BCUT2D eigenvalue weighted by Gasteiger charge is 2.21. The molecule has 1 amide bonds. The number of anilines is 1. The van der Waals surface area contributed by atoms with Crippen LogP contribution in [-0.2, 0) is 4.79 Å². The molecule has 4 nitrogen and oxygen atoms in total. The molecule has 1 N–H and O–H groups in total. The molecule has 1 atom stereocenters. The minimum absolute atomic E-state index is 0.179. The summed E-state index contributed by atoms with van der Waals surface area (Å²) in [6.45, 7) is 9.26. The summed E-state index contributed by atoms with van der Waals surface area (Å²) in [7, 11) is 0. The van der Waals surface area contributed by atoms with Crippen molar-refractivity contribution in [3.63, 3.8) is 0 Å². The maximum Gasteiger partial charge on any atom is 0.267 e. The topological polar surface area (TPSA) is 56.1 Å². The third kappa shape index (κ3) is 4.63. The Morgan fingerprint density at radius 1 is 1.44 bits per heavy atom. The fourth-order valence-corrected chi connectivity index (χ4v) is 3.46. The fraction of sp³-hybridized carbons (Fsp3) is 0.524. The third-order valence-electron chi connectivity index (χ3n) is 4.97. The van der Waals surface area contributed by atoms with Crippen molar-refractivity contribution in [2.24, 2.45) is 0 Å². The van der Waals surface area contributed by atoms with Crippen molar-refractivity contribution in [3.8, 4) is 6.07 Å². The van der Waals surface area contributed by atoms with Crippen LogP contribution < -0.4 is 5.32 Å². The molecule has 1 heterocycles. The van der Waals surface area contributed by atoms with Crippen LogP contribution in [0.25, 0.3) is 0 Å². The van der Waals surface area contributed by atoms with E-state index in [0.29, 0.717) is 12.0 Å². The van der Waals surface area contributed by atoms with Crippen LogP contribution in [0.4, 0.5) is 5.69 Å². The highest BCUT2D eigenvalue weighted by atomic mass is 16.1. The molecule has 0 aromatic heterocycles. The number of carbonyl (C=O) groups excluding carboxylic acids is 1. The first kappa shape index (κ1) is 19.1. The van der Waals surface area contributed by atoms with Crippen molar-refractivity contribution >= 4 is 11.6 Å². The van der Waals surface area contributed by atoms with E-state index in [1.54, 1.807) is 6.20 Å². The summed E-state index contributed by atoms with van der Waals surface area (Å²) in [4.78, 5) is 14.9. The zero-order valence-electron chi connectivity index (χ0n) is 15.8. The number of aryl methyl sites for hydroxylation is 1. The molecule has 0 radical (unpaired) electrons. The summed E-state index contributed by atoms with van der Waals surface area (Å²) in [5.41, 5.74) is 3.11. The Labute approximate surface area is 151 Å². The maximum atomic E-state index is 12.7. The number of hydrogen-bond donors (Lipinski definition) is 1. The van der Waals surface area contributed by atoms with Gasteiger partial charge in [-0.15, -0.1) is 0 Å². The second-order valence-corrected chi connectivity index (χ2v) is 7.10. The number of hydrogen-bond acceptors (Lipinski definition) is 3. The van der Waals surface area contributed by atoms with Crippen LogP contribution in [0, 0.1) is 18.3 Å². The van der Waals surface area contributed by atoms with Crippen molar-refractivity contribution in [1.29, 1.82) is 5.26 Å². The van der Waals surface area contributed by atoms with Crippen LogP contribution in [0.2, 0.25) is 0 Å². The lowest BCUT2D eigenvalue weighted by Gasteiger charge is -2.34. The number of nitrogens with one attached hydrogen (secondary N) is 1. The van der Waals surface area contributed by atoms with E-state index in [1.807, 2.05) is 25.1 Å². The Balaban J connectivity index is 2.24. The number of rotatable bonds is 5. The lowest BCUT2D eigenvalue weighted by Crippen LogP contribution is -2.35. The van der Waals surface area contributed by atoms with E-state index < -0.39 is 0 Å². The molecule has 2 rings (SSSR count). The second kappa shape index (κ2) is 8.71. The molecule has 1 saturated heterocycles. The number of amides is 1. The van der Waals surface area contributed by atoms with E-state index >= 15 is 0 Å². The van der Waals surface area contributed by atoms with Gasteiger partial charge in [-0.25, -0.2) is 0 Å². The molecule has 1 aromatic carbocycles. The number of nitriles is 1. The molecule has 1 aliphatic heterocycles. The largest absolute Gasteiger partial charge is 0.373 e. The lowest BCUT2D eigenvalue weighted by molar-refractivity contribution is -0.112. The monoisotopic (exact) mass is 339 g/mol. The van der Waals surface area contributed by atoms with E-state index in [-0.39, 0.29) is 11.5 Å². The number of nitrogens with zero attached hydrogens (tertiary/aromatic N) is 2. The molecule has 25 heavy (non-hydrogen) atoms. The SMILES string of the molecule is CCC1CCCCN1/C=C(/C#N)C(=O)Nc1c(C)cccc1C(C)C. The van der Waals surface area contributed by atoms with Gasteiger partial charge in [-0.3, -0.25) is 4.79 Å². The van der Waals surface area contributed by atoms with Gasteiger partial charge in [0.25, 0.3) is 5.91 Å². The normalized spacial score (nSPS) is 18.2. The zero-order valence-corrected chi connectivity index (χ0v) is 15.8. The zero-order chi connectivity index (χ0) is 18.4. The van der Waals surface area contributed by atoms with Crippen LogP contribution in [0.1, 0.15) is 63.5 Å². The lowest BCUT2D eigenvalue weighted by atomic mass is 9.98. The minimum atomic E-state index is -0.320. The van der Waals surface area contributed by atoms with E-state index in [1.165, 1.54) is 6.42 Å². The minimum Gasteiger partial charge on any atom is -0.373 e. The molecule has 1 aliphatic rings. The van der Waals surface area contributed by atoms with Gasteiger partial charge in [0.2, 0.25) is 0 Å². The number of para-hydroxylation sites is 1. The first-order valence-corrected chi connectivity index (χ1v) is 9.26. The van der Waals surface area contributed by atoms with Crippen LogP contribution in [-0.4, -0.2) is 23.4 Å². The summed E-state index contributed by atoms with van der Waals surface area (Å²) in [5, 5.41) is 12.5. The summed E-state index contributed by atoms with van der Waals surface area (Å²) >= 11 is 0. The predicted molar refractivity (Wildman–Crippen MR) is 102 cm³/mol. The maximum absolute atomic E-state index is 12.7. The molecule has 4 heteroatoms. The number of benzene rings is 1. The Morgan fingerprint density at radius 2 is 2.20 bits per heavy atom. The van der Waals surface area contributed by atoms with E-state index in [2.05, 4.69) is 37.1 Å². The van der Waals surface area contributed by atoms with Gasteiger partial charge in [0, 0.05) is 24.5 Å². The first-order valence-electron chi connectivity index (χ1n) is 9.26. The van der Waals surface area contributed by atoms with E-state index in [4.69, 9.17) is 0 Å². The molecular formula is C21H29N3O. The van der Waals surface area contributed by atoms with Gasteiger partial charge in [0.1, 0.15) is 11.6 Å². The van der Waals surface area contributed by atoms with E-state index in [9.17, 15) is 10.1 Å². The molecule has 1 fully saturated rings. The average Bonchev–Trinajstić information content (AvgIpc) is 2.61. The van der Waals surface area contributed by atoms with Gasteiger partial charge in [-0.05, 0) is 49.7 Å². The van der Waals surface area contributed by atoms with Gasteiger partial charge in [-0.2, -0.15) is 5.26 Å². The molecule has 134 valence electrons. The van der Waals surface area contributed by atoms with Gasteiger partial charge in [-0.1, -0.05) is 39.0 Å². The van der Waals surface area contributed by atoms with Crippen LogP contribution in [0.15, 0.2) is 30.0 Å². The number of carbonyl (C=O) groups is 1. The highest BCUT2D eigenvalue weighted by molar-refractivity contribution is 6.07. The average molecular weight is 339 g/mol. The van der Waals surface area contributed by atoms with Crippen molar-refractivity contribution in [2.75, 3.05) is 11.9 Å². The van der Waals surface area contributed by atoms with E-state index in [0.717, 1.165) is 42.6 Å². The second-order valence-electron chi connectivity index (χ2n) is 7.10. The highest BCUT2D eigenvalue weighted by Crippen LogP contribution is 2.28. The molecule has 1 unspecified atom stereocenters. The molecule has 0 spiro atoms. The summed E-state index contributed by atoms with van der Waals surface area (Å²) in [5.74, 6) is -0.0181. The molecular weight excluding hydrogens is 310 g/mol. The van der Waals surface area contributed by atoms with Gasteiger partial charge >= 0.3 is 0 Å². The summed E-state index contributed by atoms with van der Waals surface area (Å²) < 4.78 is 0. The van der Waals surface area contributed by atoms with Crippen molar-refractivity contribution < 1.29 is 4.79 Å². The summed E-state index contributed by atoms with van der Waals surface area (Å²) in [6.07, 6.45) is 6.26. The fourth-order valence-electron chi connectivity index (χ4n) is 3.46. The first-order chi connectivity index (χ1) is 12.0. The van der Waals surface area contributed by atoms with Crippen LogP contribution >= 0.6 is 0 Å². The quantitative estimate of drug-likeness (QED) is 0.623. The molecule has 0 aliphatic carbocycles. The van der Waals surface area contributed by atoms with Crippen LogP contribution in [0.5, 0.6) is 0 Å². The van der Waals surface area contributed by atoms with Crippen LogP contribution in [0.3, 0.4) is 0 Å². The Bertz CT molecular complexity index is 685. The smallest absolute Gasteiger partial charge is 0.267 e. The van der Waals surface area contributed by atoms with Crippen molar-refractivity contribution in [2.45, 2.75) is 65.3 Å². The molecule has 1 aromatic rings. The van der Waals surface area contributed by atoms with Gasteiger partial charge in [0.15, 0.2) is 0 Å². The predicted octanol–water partition coefficient (Wildman–Crippen LogP) is 4.73.